The SMILES string of the molecule is CC(=O)N[C@@H](Cc1c[nH]c2ccccc12)C(=O)NC1CCCCCC1. The van der Waals surface area contributed by atoms with Gasteiger partial charge < -0.3 is 15.6 Å². The summed E-state index contributed by atoms with van der Waals surface area (Å²) in [6.07, 6.45) is 9.31. The number of H-pyrrole nitrogens is 1. The Bertz CT molecular complexity index is 729. The van der Waals surface area contributed by atoms with Gasteiger partial charge in [0, 0.05) is 36.5 Å². The van der Waals surface area contributed by atoms with Crippen LogP contribution in [0.3, 0.4) is 0 Å². The summed E-state index contributed by atoms with van der Waals surface area (Å²) in [6.45, 7) is 1.46. The first kappa shape index (κ1) is 17.5. The minimum absolute atomic E-state index is 0.0765. The van der Waals surface area contributed by atoms with Crippen molar-refractivity contribution >= 4 is 22.7 Å². The Morgan fingerprint density at radius 3 is 2.60 bits per heavy atom. The van der Waals surface area contributed by atoms with E-state index in [4.69, 9.17) is 0 Å². The minimum atomic E-state index is -0.542. The van der Waals surface area contributed by atoms with Gasteiger partial charge >= 0.3 is 0 Å². The van der Waals surface area contributed by atoms with Crippen molar-refractivity contribution in [3.8, 4) is 0 Å². The van der Waals surface area contributed by atoms with Crippen LogP contribution >= 0.6 is 0 Å². The van der Waals surface area contributed by atoms with E-state index in [0.29, 0.717) is 6.42 Å². The van der Waals surface area contributed by atoms with Crippen molar-refractivity contribution < 1.29 is 9.59 Å². The average molecular weight is 341 g/mol. The highest BCUT2D eigenvalue weighted by atomic mass is 16.2. The molecule has 5 nitrogen and oxygen atoms in total. The van der Waals surface area contributed by atoms with Crippen molar-refractivity contribution in [1.29, 1.82) is 0 Å². The third-order valence-corrected chi connectivity index (χ3v) is 4.99. The normalized spacial score (nSPS) is 17.0. The lowest BCUT2D eigenvalue weighted by Crippen LogP contribution is -2.50. The molecule has 0 saturated heterocycles. The Labute approximate surface area is 148 Å². The quantitative estimate of drug-likeness (QED) is 0.731. The number of para-hydroxylation sites is 1. The van der Waals surface area contributed by atoms with Gasteiger partial charge in [-0.25, -0.2) is 0 Å². The zero-order chi connectivity index (χ0) is 17.6. The second-order valence-corrected chi connectivity index (χ2v) is 7.01. The number of hydrogen-bond donors (Lipinski definition) is 3. The monoisotopic (exact) mass is 341 g/mol. The van der Waals surface area contributed by atoms with Gasteiger partial charge in [0.15, 0.2) is 0 Å². The van der Waals surface area contributed by atoms with Gasteiger partial charge in [0.1, 0.15) is 6.04 Å². The molecule has 3 N–H and O–H groups in total. The van der Waals surface area contributed by atoms with Crippen molar-refractivity contribution in [3.05, 3.63) is 36.0 Å². The van der Waals surface area contributed by atoms with Crippen LogP contribution in [0.1, 0.15) is 51.0 Å². The number of carbonyl (C=O) groups is 2. The molecule has 3 rings (SSSR count). The van der Waals surface area contributed by atoms with Crippen LogP contribution < -0.4 is 10.6 Å². The zero-order valence-electron chi connectivity index (χ0n) is 14.8. The van der Waals surface area contributed by atoms with Gasteiger partial charge in [-0.2, -0.15) is 0 Å². The van der Waals surface area contributed by atoms with Gasteiger partial charge in [0.25, 0.3) is 0 Å². The van der Waals surface area contributed by atoms with Crippen molar-refractivity contribution in [2.75, 3.05) is 0 Å². The molecular formula is C20H27N3O2. The lowest BCUT2D eigenvalue weighted by Gasteiger charge is -2.22. The van der Waals surface area contributed by atoms with Crippen LogP contribution in [0.25, 0.3) is 10.9 Å². The summed E-state index contributed by atoms with van der Waals surface area (Å²) in [7, 11) is 0. The molecule has 25 heavy (non-hydrogen) atoms. The molecular weight excluding hydrogens is 314 g/mol. The van der Waals surface area contributed by atoms with E-state index in [-0.39, 0.29) is 17.9 Å². The molecule has 2 aromatic rings. The molecule has 1 fully saturated rings. The largest absolute Gasteiger partial charge is 0.361 e. The van der Waals surface area contributed by atoms with Crippen LogP contribution in [0, 0.1) is 0 Å². The molecule has 0 spiro atoms. The molecule has 134 valence electrons. The second-order valence-electron chi connectivity index (χ2n) is 7.01. The zero-order valence-corrected chi connectivity index (χ0v) is 14.8. The van der Waals surface area contributed by atoms with E-state index in [1.807, 2.05) is 30.5 Å². The molecule has 0 aliphatic heterocycles. The third-order valence-electron chi connectivity index (χ3n) is 4.99. The van der Waals surface area contributed by atoms with Gasteiger partial charge in [0.2, 0.25) is 11.8 Å². The highest BCUT2D eigenvalue weighted by Crippen LogP contribution is 2.20. The molecule has 1 aliphatic carbocycles. The van der Waals surface area contributed by atoms with Crippen LogP contribution in [0.5, 0.6) is 0 Å². The fourth-order valence-corrected chi connectivity index (χ4v) is 3.70. The number of nitrogens with one attached hydrogen (secondary N) is 3. The molecule has 0 unspecified atom stereocenters. The number of rotatable bonds is 5. The fourth-order valence-electron chi connectivity index (χ4n) is 3.70. The van der Waals surface area contributed by atoms with E-state index in [0.717, 1.165) is 42.1 Å². The van der Waals surface area contributed by atoms with E-state index >= 15 is 0 Å². The summed E-state index contributed by atoms with van der Waals surface area (Å²) in [4.78, 5) is 27.6. The summed E-state index contributed by atoms with van der Waals surface area (Å²) in [6, 6.07) is 7.70. The Morgan fingerprint density at radius 1 is 1.16 bits per heavy atom. The van der Waals surface area contributed by atoms with E-state index in [2.05, 4.69) is 15.6 Å². The molecule has 1 aromatic heterocycles. The average Bonchev–Trinajstić information content (AvgIpc) is 2.81. The molecule has 2 amide bonds. The number of fused-ring (bicyclic) bond motifs is 1. The number of aromatic nitrogens is 1. The Kier molecular flexibility index (Phi) is 5.74. The molecule has 1 heterocycles. The van der Waals surface area contributed by atoms with Gasteiger partial charge in [-0.15, -0.1) is 0 Å². The number of carbonyl (C=O) groups excluding carboxylic acids is 2. The van der Waals surface area contributed by atoms with E-state index < -0.39 is 6.04 Å². The first-order valence-corrected chi connectivity index (χ1v) is 9.26. The molecule has 1 aromatic carbocycles. The van der Waals surface area contributed by atoms with Gasteiger partial charge in [0.05, 0.1) is 0 Å². The Balaban J connectivity index is 1.72. The van der Waals surface area contributed by atoms with Crippen molar-refractivity contribution in [3.63, 3.8) is 0 Å². The summed E-state index contributed by atoms with van der Waals surface area (Å²) < 4.78 is 0. The van der Waals surface area contributed by atoms with Crippen LogP contribution in [-0.4, -0.2) is 28.9 Å². The topological polar surface area (TPSA) is 74.0 Å². The summed E-state index contributed by atoms with van der Waals surface area (Å²) in [5.41, 5.74) is 2.09. The molecule has 0 radical (unpaired) electrons. The Hall–Kier alpha value is -2.30. The van der Waals surface area contributed by atoms with Gasteiger partial charge in [-0.3, -0.25) is 9.59 Å². The lowest BCUT2D eigenvalue weighted by molar-refractivity contribution is -0.128. The highest BCUT2D eigenvalue weighted by molar-refractivity contribution is 5.89. The molecule has 1 saturated carbocycles. The third kappa shape index (κ3) is 4.62. The minimum Gasteiger partial charge on any atom is -0.361 e. The maximum atomic E-state index is 12.8. The number of amides is 2. The predicted octanol–water partition coefficient (Wildman–Crippen LogP) is 3.05. The van der Waals surface area contributed by atoms with Gasteiger partial charge in [-0.05, 0) is 24.5 Å². The van der Waals surface area contributed by atoms with Crippen LogP contribution in [-0.2, 0) is 16.0 Å². The summed E-state index contributed by atoms with van der Waals surface area (Å²) in [5.74, 6) is -0.256. The predicted molar refractivity (Wildman–Crippen MR) is 99.2 cm³/mol. The highest BCUT2D eigenvalue weighted by Gasteiger charge is 2.24. The van der Waals surface area contributed by atoms with Crippen molar-refractivity contribution in [2.24, 2.45) is 0 Å². The molecule has 1 aliphatic rings. The van der Waals surface area contributed by atoms with Crippen LogP contribution in [0.15, 0.2) is 30.5 Å². The fraction of sp³-hybridized carbons (Fsp3) is 0.500. The number of hydrogen-bond acceptors (Lipinski definition) is 2. The smallest absolute Gasteiger partial charge is 0.243 e. The number of benzene rings is 1. The summed E-state index contributed by atoms with van der Waals surface area (Å²) >= 11 is 0. The molecule has 1 atom stereocenters. The maximum Gasteiger partial charge on any atom is 0.243 e. The lowest BCUT2D eigenvalue weighted by atomic mass is 10.0. The van der Waals surface area contributed by atoms with Crippen LogP contribution in [0.2, 0.25) is 0 Å². The van der Waals surface area contributed by atoms with E-state index in [9.17, 15) is 9.59 Å². The van der Waals surface area contributed by atoms with Crippen molar-refractivity contribution in [1.82, 2.24) is 15.6 Å². The Morgan fingerprint density at radius 2 is 1.88 bits per heavy atom. The molecule has 0 bridgehead atoms. The second kappa shape index (κ2) is 8.19. The standard InChI is InChI=1S/C20H27N3O2/c1-14(24)22-19(20(25)23-16-8-4-2-3-5-9-16)12-15-13-21-18-11-7-6-10-17(15)18/h6-7,10-11,13,16,19,21H,2-5,8-9,12H2,1H3,(H,22,24)(H,23,25)/t19-/m0/s1. The first-order chi connectivity index (χ1) is 12.1. The van der Waals surface area contributed by atoms with Gasteiger partial charge in [-0.1, -0.05) is 43.9 Å². The maximum absolute atomic E-state index is 12.8. The molecule has 5 heteroatoms. The van der Waals surface area contributed by atoms with Crippen LogP contribution in [0.4, 0.5) is 0 Å². The van der Waals surface area contributed by atoms with E-state index in [1.54, 1.807) is 0 Å². The van der Waals surface area contributed by atoms with Crippen molar-refractivity contribution in [2.45, 2.75) is 64.0 Å². The van der Waals surface area contributed by atoms with E-state index in [1.165, 1.54) is 19.8 Å². The summed E-state index contributed by atoms with van der Waals surface area (Å²) in [5, 5.41) is 7.08. The first-order valence-electron chi connectivity index (χ1n) is 9.26. The number of aromatic amines is 1.